The van der Waals surface area contributed by atoms with E-state index < -0.39 is 0 Å². The molecule has 1 rings (SSSR count). The molecule has 1 aromatic heterocycles. The minimum absolute atomic E-state index is 0.591. The van der Waals surface area contributed by atoms with Gasteiger partial charge in [0.25, 0.3) is 0 Å². The maximum absolute atomic E-state index is 8.27. The fourth-order valence-electron chi connectivity index (χ4n) is 0.879. The Morgan fingerprint density at radius 3 is 3.00 bits per heavy atom. The summed E-state index contributed by atoms with van der Waals surface area (Å²) in [6.45, 7) is 2.85. The van der Waals surface area contributed by atoms with Gasteiger partial charge in [-0.2, -0.15) is 5.26 Å². The first-order valence-electron chi connectivity index (χ1n) is 3.32. The highest BCUT2D eigenvalue weighted by Crippen LogP contribution is 1.98. The molecule has 0 aliphatic rings. The highest BCUT2D eigenvalue weighted by Gasteiger charge is 1.89. The minimum Gasteiger partial charge on any atom is -0.353 e. The van der Waals surface area contributed by atoms with Gasteiger partial charge in [-0.25, -0.2) is 0 Å². The molecule has 0 spiro atoms. The molecule has 0 bridgehead atoms. The predicted molar refractivity (Wildman–Crippen MR) is 39.4 cm³/mol. The number of nitrogens with zero attached hydrogens (tertiary/aromatic N) is 2. The van der Waals surface area contributed by atoms with Crippen LogP contribution in [0, 0.1) is 18.3 Å². The van der Waals surface area contributed by atoms with Crippen LogP contribution >= 0.6 is 0 Å². The Kier molecular flexibility index (Phi) is 2.11. The molecule has 0 amide bonds. The summed E-state index contributed by atoms with van der Waals surface area (Å²) in [6, 6.07) is 4.14. The highest BCUT2D eigenvalue weighted by molar-refractivity contribution is 5.06. The molecule has 0 N–H and O–H groups in total. The van der Waals surface area contributed by atoms with E-state index in [0.717, 1.165) is 6.54 Å². The molecule has 0 saturated heterocycles. The molecule has 0 fully saturated rings. The van der Waals surface area contributed by atoms with Crippen molar-refractivity contribution in [2.24, 2.45) is 0 Å². The van der Waals surface area contributed by atoms with E-state index in [4.69, 9.17) is 5.26 Å². The molecular formula is C8H10N2. The lowest BCUT2D eigenvalue weighted by atomic mass is 10.4. The van der Waals surface area contributed by atoms with Crippen molar-refractivity contribution < 1.29 is 0 Å². The van der Waals surface area contributed by atoms with Gasteiger partial charge < -0.3 is 4.57 Å². The number of nitriles is 1. The molecule has 2 nitrogen and oxygen atoms in total. The van der Waals surface area contributed by atoms with E-state index in [2.05, 4.69) is 6.07 Å². The fourth-order valence-corrected chi connectivity index (χ4v) is 0.879. The van der Waals surface area contributed by atoms with Gasteiger partial charge in [0, 0.05) is 18.9 Å². The fraction of sp³-hybridized carbons (Fsp3) is 0.375. The molecular weight excluding hydrogens is 124 g/mol. The highest BCUT2D eigenvalue weighted by atomic mass is 14.9. The third kappa shape index (κ3) is 1.63. The van der Waals surface area contributed by atoms with E-state index in [-0.39, 0.29) is 0 Å². The van der Waals surface area contributed by atoms with Crippen molar-refractivity contribution in [1.29, 1.82) is 5.26 Å². The number of aromatic nitrogens is 1. The smallest absolute Gasteiger partial charge is 0.0640 e. The summed E-state index contributed by atoms with van der Waals surface area (Å²) >= 11 is 0. The van der Waals surface area contributed by atoms with Gasteiger partial charge in [-0.05, 0) is 18.6 Å². The van der Waals surface area contributed by atoms with Crippen LogP contribution in [0.5, 0.6) is 0 Å². The average molecular weight is 134 g/mol. The Bertz CT molecular complexity index is 242. The summed E-state index contributed by atoms with van der Waals surface area (Å²) in [5, 5.41) is 8.27. The average Bonchev–Trinajstić information content (AvgIpc) is 2.31. The minimum atomic E-state index is 0.591. The standard InChI is InChI=1S/C8H10N2/c1-8-3-6-10(7-8)5-2-4-9/h3,6-7H,2,5H2,1H3. The molecule has 0 unspecified atom stereocenters. The van der Waals surface area contributed by atoms with Crippen LogP contribution in [0.25, 0.3) is 0 Å². The van der Waals surface area contributed by atoms with Gasteiger partial charge in [0.1, 0.15) is 0 Å². The lowest BCUT2D eigenvalue weighted by molar-refractivity contribution is 0.719. The van der Waals surface area contributed by atoms with Gasteiger partial charge in [0.15, 0.2) is 0 Å². The zero-order chi connectivity index (χ0) is 7.40. The number of hydrogen-bond donors (Lipinski definition) is 0. The van der Waals surface area contributed by atoms with Crippen LogP contribution in [0.3, 0.4) is 0 Å². The molecule has 0 radical (unpaired) electrons. The Labute approximate surface area is 60.7 Å². The van der Waals surface area contributed by atoms with Crippen molar-refractivity contribution in [3.63, 3.8) is 0 Å². The van der Waals surface area contributed by atoms with Crippen LogP contribution in [-0.2, 0) is 6.54 Å². The molecule has 10 heavy (non-hydrogen) atoms. The SMILES string of the molecule is Cc1ccn(CCC#N)c1. The summed E-state index contributed by atoms with van der Waals surface area (Å²) in [6.07, 6.45) is 4.62. The topological polar surface area (TPSA) is 28.7 Å². The van der Waals surface area contributed by atoms with Gasteiger partial charge in [-0.1, -0.05) is 0 Å². The van der Waals surface area contributed by atoms with Gasteiger partial charge in [-0.15, -0.1) is 0 Å². The van der Waals surface area contributed by atoms with Crippen LogP contribution in [0.2, 0.25) is 0 Å². The van der Waals surface area contributed by atoms with Crippen molar-refractivity contribution in [2.75, 3.05) is 0 Å². The summed E-state index contributed by atoms with van der Waals surface area (Å²) in [5.74, 6) is 0. The zero-order valence-corrected chi connectivity index (χ0v) is 6.04. The second-order valence-electron chi connectivity index (χ2n) is 2.33. The molecule has 0 atom stereocenters. The van der Waals surface area contributed by atoms with E-state index in [1.54, 1.807) is 0 Å². The van der Waals surface area contributed by atoms with Crippen molar-refractivity contribution in [3.8, 4) is 6.07 Å². The quantitative estimate of drug-likeness (QED) is 0.605. The third-order valence-electron chi connectivity index (χ3n) is 1.38. The van der Waals surface area contributed by atoms with Crippen molar-refractivity contribution in [3.05, 3.63) is 24.0 Å². The molecule has 1 heterocycles. The summed E-state index contributed by atoms with van der Waals surface area (Å²) in [7, 11) is 0. The Balaban J connectivity index is 2.52. The number of aryl methyl sites for hydroxylation is 2. The van der Waals surface area contributed by atoms with Crippen molar-refractivity contribution >= 4 is 0 Å². The Morgan fingerprint density at radius 2 is 2.50 bits per heavy atom. The first kappa shape index (κ1) is 6.88. The Morgan fingerprint density at radius 1 is 1.70 bits per heavy atom. The first-order valence-corrected chi connectivity index (χ1v) is 3.32. The molecule has 2 heteroatoms. The second-order valence-corrected chi connectivity index (χ2v) is 2.33. The second kappa shape index (κ2) is 3.07. The van der Waals surface area contributed by atoms with Gasteiger partial charge in [-0.3, -0.25) is 0 Å². The normalized spacial score (nSPS) is 9.20. The summed E-state index contributed by atoms with van der Waals surface area (Å²) < 4.78 is 2.03. The third-order valence-corrected chi connectivity index (χ3v) is 1.38. The monoisotopic (exact) mass is 134 g/mol. The van der Waals surface area contributed by atoms with Crippen molar-refractivity contribution in [1.82, 2.24) is 4.57 Å². The predicted octanol–water partition coefficient (Wildman–Crippen LogP) is 1.71. The number of rotatable bonds is 2. The summed E-state index contributed by atoms with van der Waals surface area (Å²) in [5.41, 5.74) is 1.25. The lowest BCUT2D eigenvalue weighted by Crippen LogP contribution is -1.91. The van der Waals surface area contributed by atoms with Crippen LogP contribution in [-0.4, -0.2) is 4.57 Å². The molecule has 1 aromatic rings. The molecule has 52 valence electrons. The van der Waals surface area contributed by atoms with Crippen LogP contribution < -0.4 is 0 Å². The van der Waals surface area contributed by atoms with Crippen molar-refractivity contribution in [2.45, 2.75) is 19.9 Å². The molecule has 0 aliphatic carbocycles. The largest absolute Gasteiger partial charge is 0.353 e. The van der Waals surface area contributed by atoms with E-state index in [0.29, 0.717) is 6.42 Å². The molecule has 0 aliphatic heterocycles. The van der Waals surface area contributed by atoms with Crippen LogP contribution in [0.4, 0.5) is 0 Å². The van der Waals surface area contributed by atoms with Gasteiger partial charge in [0.2, 0.25) is 0 Å². The molecule has 0 saturated carbocycles. The number of hydrogen-bond acceptors (Lipinski definition) is 1. The zero-order valence-electron chi connectivity index (χ0n) is 6.04. The van der Waals surface area contributed by atoms with E-state index in [9.17, 15) is 0 Å². The van der Waals surface area contributed by atoms with Crippen LogP contribution in [0.1, 0.15) is 12.0 Å². The molecule has 0 aromatic carbocycles. The Hall–Kier alpha value is -1.23. The lowest BCUT2D eigenvalue weighted by Gasteiger charge is -1.94. The van der Waals surface area contributed by atoms with E-state index in [1.807, 2.05) is 30.0 Å². The van der Waals surface area contributed by atoms with Crippen LogP contribution in [0.15, 0.2) is 18.5 Å². The van der Waals surface area contributed by atoms with Gasteiger partial charge in [0.05, 0.1) is 12.5 Å². The van der Waals surface area contributed by atoms with Gasteiger partial charge >= 0.3 is 0 Å². The first-order chi connectivity index (χ1) is 4.83. The summed E-state index contributed by atoms with van der Waals surface area (Å²) in [4.78, 5) is 0. The van der Waals surface area contributed by atoms with E-state index >= 15 is 0 Å². The van der Waals surface area contributed by atoms with E-state index in [1.165, 1.54) is 5.56 Å². The maximum atomic E-state index is 8.27. The maximum Gasteiger partial charge on any atom is 0.0640 e.